The number of nitrogens with one attached hydrogen (secondary N) is 1. The first kappa shape index (κ1) is 25.0. The van der Waals surface area contributed by atoms with Crippen LogP contribution >= 0.6 is 0 Å². The van der Waals surface area contributed by atoms with Crippen LogP contribution in [0.1, 0.15) is 18.4 Å². The summed E-state index contributed by atoms with van der Waals surface area (Å²) in [4.78, 5) is 19.7. The van der Waals surface area contributed by atoms with Gasteiger partial charge >= 0.3 is 0 Å². The molecule has 2 aromatic heterocycles. The summed E-state index contributed by atoms with van der Waals surface area (Å²) in [5, 5.41) is 15.3. The van der Waals surface area contributed by atoms with E-state index in [9.17, 15) is 4.79 Å². The average molecular weight is 508 g/mol. The molecule has 1 saturated heterocycles. The Balaban J connectivity index is 1.29. The summed E-state index contributed by atoms with van der Waals surface area (Å²) in [7, 11) is 1.89. The standard InChI is InChI=1S/C29H29N7O2/c1-34-20-24(19-32-34)23-8-10-25(11-9-23)36(29(37)21-38-27-5-3-2-4-6-27)26-13-15-35(16-14-26)33-28-12-7-22(17-30)18-31-28/h2-12,18-20,26H,13-16,21H2,1H3,(H,31,33). The van der Waals surface area contributed by atoms with Gasteiger partial charge in [-0.25, -0.2) is 9.99 Å². The highest BCUT2D eigenvalue weighted by Gasteiger charge is 2.30. The lowest BCUT2D eigenvalue weighted by Crippen LogP contribution is -2.50. The van der Waals surface area contributed by atoms with E-state index < -0.39 is 0 Å². The first-order valence-electron chi connectivity index (χ1n) is 12.6. The van der Waals surface area contributed by atoms with Gasteiger partial charge in [-0.1, -0.05) is 30.3 Å². The maximum atomic E-state index is 13.5. The smallest absolute Gasteiger partial charge is 0.265 e. The Morgan fingerprint density at radius 3 is 2.45 bits per heavy atom. The Labute approximate surface area is 221 Å². The van der Waals surface area contributed by atoms with Gasteiger partial charge in [0, 0.05) is 49.8 Å². The van der Waals surface area contributed by atoms with Crippen LogP contribution in [0.15, 0.2) is 85.3 Å². The highest BCUT2D eigenvalue weighted by Crippen LogP contribution is 2.28. The molecule has 0 aliphatic carbocycles. The van der Waals surface area contributed by atoms with Gasteiger partial charge in [0.05, 0.1) is 11.8 Å². The van der Waals surface area contributed by atoms with Gasteiger partial charge in [0.25, 0.3) is 5.91 Å². The van der Waals surface area contributed by atoms with Gasteiger partial charge in [-0.15, -0.1) is 0 Å². The molecule has 2 aromatic carbocycles. The van der Waals surface area contributed by atoms with E-state index in [1.807, 2.05) is 78.9 Å². The lowest BCUT2D eigenvalue weighted by Gasteiger charge is -2.38. The molecule has 0 saturated carbocycles. The third-order valence-electron chi connectivity index (χ3n) is 6.55. The normalized spacial score (nSPS) is 14.0. The van der Waals surface area contributed by atoms with Gasteiger partial charge in [-0.2, -0.15) is 10.4 Å². The molecule has 0 unspecified atom stereocenters. The number of aryl methyl sites for hydroxylation is 1. The van der Waals surface area contributed by atoms with E-state index in [1.54, 1.807) is 23.0 Å². The van der Waals surface area contributed by atoms with E-state index in [4.69, 9.17) is 10.00 Å². The van der Waals surface area contributed by atoms with Crippen molar-refractivity contribution in [2.45, 2.75) is 18.9 Å². The zero-order valence-corrected chi connectivity index (χ0v) is 21.2. The zero-order chi connectivity index (χ0) is 26.3. The zero-order valence-electron chi connectivity index (χ0n) is 21.2. The average Bonchev–Trinajstić information content (AvgIpc) is 3.40. The highest BCUT2D eigenvalue weighted by molar-refractivity contribution is 5.95. The van der Waals surface area contributed by atoms with Gasteiger partial charge in [0.2, 0.25) is 0 Å². The second kappa shape index (κ2) is 11.6. The monoisotopic (exact) mass is 507 g/mol. The van der Waals surface area contributed by atoms with Crippen molar-refractivity contribution in [3.8, 4) is 22.9 Å². The van der Waals surface area contributed by atoms with Gasteiger partial charge in [0.1, 0.15) is 17.6 Å². The number of hydrogen-bond donors (Lipinski definition) is 1. The number of aromatic nitrogens is 3. The number of carbonyl (C=O) groups excluding carboxylic acids is 1. The maximum absolute atomic E-state index is 13.5. The molecule has 1 aliphatic rings. The molecule has 1 N–H and O–H groups in total. The summed E-state index contributed by atoms with van der Waals surface area (Å²) in [6, 6.07) is 23.1. The number of ether oxygens (including phenoxy) is 1. The van der Waals surface area contributed by atoms with Crippen LogP contribution in [0, 0.1) is 11.3 Å². The number of hydrogen-bond acceptors (Lipinski definition) is 7. The molecule has 9 nitrogen and oxygen atoms in total. The van der Waals surface area contributed by atoms with Crippen LogP contribution in [0.2, 0.25) is 0 Å². The lowest BCUT2D eigenvalue weighted by molar-refractivity contribution is -0.121. The Morgan fingerprint density at radius 2 is 1.82 bits per heavy atom. The molecule has 4 aromatic rings. The second-order valence-electron chi connectivity index (χ2n) is 9.19. The quantitative estimate of drug-likeness (QED) is 0.380. The van der Waals surface area contributed by atoms with Crippen molar-refractivity contribution in [2.75, 3.05) is 30.0 Å². The minimum Gasteiger partial charge on any atom is -0.484 e. The van der Waals surface area contributed by atoms with Crippen LogP contribution < -0.4 is 15.1 Å². The fourth-order valence-corrected chi connectivity index (χ4v) is 4.60. The molecule has 38 heavy (non-hydrogen) atoms. The van der Waals surface area contributed by atoms with Crippen LogP contribution in [0.25, 0.3) is 11.1 Å². The number of para-hydroxylation sites is 1. The number of pyridine rings is 1. The van der Waals surface area contributed by atoms with Crippen molar-refractivity contribution in [1.82, 2.24) is 19.8 Å². The van der Waals surface area contributed by atoms with Gasteiger partial charge in [-0.3, -0.25) is 9.48 Å². The van der Waals surface area contributed by atoms with Crippen molar-refractivity contribution >= 4 is 17.4 Å². The topological polar surface area (TPSA) is 99.3 Å². The molecule has 192 valence electrons. The first-order valence-corrected chi connectivity index (χ1v) is 12.6. The molecule has 0 bridgehead atoms. The number of hydrazine groups is 1. The van der Waals surface area contributed by atoms with Crippen molar-refractivity contribution in [1.29, 1.82) is 5.26 Å². The number of nitriles is 1. The number of nitrogens with zero attached hydrogens (tertiary/aromatic N) is 6. The molecule has 1 aliphatic heterocycles. The van der Waals surface area contributed by atoms with Crippen molar-refractivity contribution in [2.24, 2.45) is 7.05 Å². The predicted octanol–water partition coefficient (Wildman–Crippen LogP) is 4.26. The summed E-state index contributed by atoms with van der Waals surface area (Å²) >= 11 is 0. The summed E-state index contributed by atoms with van der Waals surface area (Å²) in [5.41, 5.74) is 6.76. The van der Waals surface area contributed by atoms with Crippen LogP contribution in [-0.2, 0) is 11.8 Å². The van der Waals surface area contributed by atoms with Crippen LogP contribution in [-0.4, -0.2) is 51.4 Å². The number of piperidine rings is 1. The van der Waals surface area contributed by atoms with Gasteiger partial charge in [-0.05, 0) is 54.8 Å². The molecule has 9 heteroatoms. The number of rotatable bonds is 8. The highest BCUT2D eigenvalue weighted by atomic mass is 16.5. The number of benzene rings is 2. The molecule has 1 fully saturated rings. The molecule has 5 rings (SSSR count). The second-order valence-corrected chi connectivity index (χ2v) is 9.19. The first-order chi connectivity index (χ1) is 18.6. The summed E-state index contributed by atoms with van der Waals surface area (Å²) < 4.78 is 7.59. The summed E-state index contributed by atoms with van der Waals surface area (Å²) in [5.74, 6) is 1.28. The molecule has 1 amide bonds. The largest absolute Gasteiger partial charge is 0.484 e. The van der Waals surface area contributed by atoms with Crippen molar-refractivity contribution < 1.29 is 9.53 Å². The Hall–Kier alpha value is -4.68. The van der Waals surface area contributed by atoms with E-state index in [-0.39, 0.29) is 18.6 Å². The Kier molecular flexibility index (Phi) is 7.62. The number of anilines is 2. The third kappa shape index (κ3) is 5.99. The van der Waals surface area contributed by atoms with E-state index in [2.05, 4.69) is 26.6 Å². The Bertz CT molecular complexity index is 1390. The van der Waals surface area contributed by atoms with E-state index in [0.717, 1.165) is 42.7 Å². The summed E-state index contributed by atoms with van der Waals surface area (Å²) in [6.45, 7) is 1.44. The van der Waals surface area contributed by atoms with Crippen molar-refractivity contribution in [3.63, 3.8) is 0 Å². The molecular weight excluding hydrogens is 478 g/mol. The van der Waals surface area contributed by atoms with Gasteiger partial charge < -0.3 is 15.1 Å². The third-order valence-corrected chi connectivity index (χ3v) is 6.55. The number of carbonyl (C=O) groups is 1. The van der Waals surface area contributed by atoms with Crippen LogP contribution in [0.5, 0.6) is 5.75 Å². The number of amides is 1. The lowest BCUT2D eigenvalue weighted by atomic mass is 10.0. The van der Waals surface area contributed by atoms with Crippen LogP contribution in [0.4, 0.5) is 11.5 Å². The molecule has 3 heterocycles. The molecule has 0 atom stereocenters. The van der Waals surface area contributed by atoms with E-state index in [0.29, 0.717) is 17.1 Å². The van der Waals surface area contributed by atoms with Crippen LogP contribution in [0.3, 0.4) is 0 Å². The summed E-state index contributed by atoms with van der Waals surface area (Å²) in [6.07, 6.45) is 6.92. The molecular formula is C29H29N7O2. The fourth-order valence-electron chi connectivity index (χ4n) is 4.60. The fraction of sp³-hybridized carbons (Fsp3) is 0.241. The van der Waals surface area contributed by atoms with E-state index in [1.165, 1.54) is 0 Å². The van der Waals surface area contributed by atoms with Crippen molar-refractivity contribution in [3.05, 3.63) is 90.9 Å². The minimum atomic E-state index is -0.0804. The SMILES string of the molecule is Cn1cc(-c2ccc(N(C(=O)COc3ccccc3)C3CCN(Nc4ccc(C#N)cn4)CC3)cc2)cn1. The minimum absolute atomic E-state index is 0.0260. The predicted molar refractivity (Wildman–Crippen MR) is 145 cm³/mol. The molecule has 0 spiro atoms. The Morgan fingerprint density at radius 1 is 1.05 bits per heavy atom. The molecule has 0 radical (unpaired) electrons. The van der Waals surface area contributed by atoms with Gasteiger partial charge in [0.15, 0.2) is 6.61 Å². The maximum Gasteiger partial charge on any atom is 0.265 e. The van der Waals surface area contributed by atoms with E-state index >= 15 is 0 Å².